The van der Waals surface area contributed by atoms with Gasteiger partial charge in [-0.25, -0.2) is 9.59 Å². The first-order valence-corrected chi connectivity index (χ1v) is 5.82. The van der Waals surface area contributed by atoms with Crippen LogP contribution in [0.1, 0.15) is 20.7 Å². The van der Waals surface area contributed by atoms with Crippen molar-refractivity contribution in [3.8, 4) is 11.5 Å². The summed E-state index contributed by atoms with van der Waals surface area (Å²) in [6.07, 6.45) is 0. The van der Waals surface area contributed by atoms with Gasteiger partial charge < -0.3 is 48.3 Å². The molecule has 0 aliphatic rings. The third kappa shape index (κ3) is 9.27. The van der Waals surface area contributed by atoms with Crippen LogP contribution < -0.4 is 21.7 Å². The summed E-state index contributed by atoms with van der Waals surface area (Å²) in [5, 5.41) is 38.5. The second-order valence-corrected chi connectivity index (χ2v) is 4.12. The molecule has 0 saturated carbocycles. The molecule has 0 atom stereocenters. The van der Waals surface area contributed by atoms with Gasteiger partial charge in [0.2, 0.25) is 0 Å². The Morgan fingerprint density at radius 1 is 0.731 bits per heavy atom. The van der Waals surface area contributed by atoms with Crippen molar-refractivity contribution in [2.75, 3.05) is 11.5 Å². The largest absolute Gasteiger partial charge is 2.00 e. The van der Waals surface area contributed by atoms with Crippen LogP contribution in [-0.2, 0) is 0 Å². The summed E-state index contributed by atoms with van der Waals surface area (Å²) >= 11 is 0. The van der Waals surface area contributed by atoms with Gasteiger partial charge in [0.25, 0.3) is 0 Å². The van der Waals surface area contributed by atoms with E-state index in [2.05, 4.69) is 0 Å². The van der Waals surface area contributed by atoms with Gasteiger partial charge in [0.1, 0.15) is 0 Å². The number of carboxylic acid groups (broad SMARTS) is 2. The molecule has 0 spiro atoms. The van der Waals surface area contributed by atoms with Gasteiger partial charge in [0.05, 0.1) is 11.1 Å². The molecule has 0 aliphatic carbocycles. The number of anilines is 2. The minimum absolute atomic E-state index is 0. The molecule has 0 aliphatic heterocycles. The van der Waals surface area contributed by atoms with Crippen LogP contribution in [0, 0.1) is 0 Å². The number of rotatable bonds is 2. The van der Waals surface area contributed by atoms with Gasteiger partial charge in [-0.2, -0.15) is 0 Å². The topological polar surface area (TPSA) is 267 Å². The van der Waals surface area contributed by atoms with E-state index < -0.39 is 23.4 Å². The average Bonchev–Trinajstić information content (AvgIpc) is 2.38. The van der Waals surface area contributed by atoms with Crippen molar-refractivity contribution in [1.29, 1.82) is 0 Å². The van der Waals surface area contributed by atoms with E-state index in [1.165, 1.54) is 24.3 Å². The molecule has 0 aromatic heterocycles. The Bertz CT molecular complexity index is 664. The predicted molar refractivity (Wildman–Crippen MR) is 91.1 cm³/mol. The molecule has 26 heavy (non-hydrogen) atoms. The molecule has 0 radical (unpaired) electrons. The van der Waals surface area contributed by atoms with E-state index >= 15 is 0 Å². The van der Waals surface area contributed by atoms with Crippen LogP contribution in [0.4, 0.5) is 11.4 Å². The fraction of sp³-hybridized carbons (Fsp3) is 0. The monoisotopic (exact) mass is 398 g/mol. The minimum Gasteiger partial charge on any atom is -0.872 e. The molecule has 0 saturated heterocycles. The van der Waals surface area contributed by atoms with Crippen LogP contribution in [0.2, 0.25) is 0 Å². The predicted octanol–water partition coefficient (Wildman–Crippen LogP) is -2.77. The Balaban J connectivity index is -0.000000161. The SMILES string of the molecule is Nc1ccc(C(=O)O)c([O-])c1.Nc1ccc(C(=O)O)c([O-])c1.O.O.O.[Ca+2]. The summed E-state index contributed by atoms with van der Waals surface area (Å²) < 4.78 is 0. The van der Waals surface area contributed by atoms with Crippen LogP contribution in [0.5, 0.6) is 11.5 Å². The van der Waals surface area contributed by atoms with Crippen LogP contribution >= 0.6 is 0 Å². The number of aromatic carboxylic acids is 2. The van der Waals surface area contributed by atoms with Gasteiger partial charge >= 0.3 is 49.7 Å². The van der Waals surface area contributed by atoms with Gasteiger partial charge in [0, 0.05) is 11.4 Å². The Morgan fingerprint density at radius 2 is 1.00 bits per heavy atom. The Kier molecular flexibility index (Phi) is 16.9. The summed E-state index contributed by atoms with van der Waals surface area (Å²) in [5.41, 5.74) is 10.5. The van der Waals surface area contributed by atoms with Crippen LogP contribution in [0.3, 0.4) is 0 Å². The molecule has 0 amide bonds. The van der Waals surface area contributed by atoms with Crippen molar-refractivity contribution < 1.29 is 46.4 Å². The van der Waals surface area contributed by atoms with Crippen molar-refractivity contribution >= 4 is 61.1 Å². The zero-order valence-corrected chi connectivity index (χ0v) is 15.6. The molecule has 0 heterocycles. The molecule has 0 bridgehead atoms. The number of hydrogen-bond acceptors (Lipinski definition) is 6. The first kappa shape index (κ1) is 31.5. The van der Waals surface area contributed by atoms with Crippen molar-refractivity contribution in [1.82, 2.24) is 0 Å². The van der Waals surface area contributed by atoms with Crippen LogP contribution in [0.25, 0.3) is 0 Å². The molecule has 12 N–H and O–H groups in total. The van der Waals surface area contributed by atoms with Crippen molar-refractivity contribution in [2.24, 2.45) is 0 Å². The summed E-state index contributed by atoms with van der Waals surface area (Å²) in [7, 11) is 0. The van der Waals surface area contributed by atoms with E-state index in [-0.39, 0.29) is 76.7 Å². The Labute approximate surface area is 177 Å². The molecular formula is C14H18CaN2O9. The van der Waals surface area contributed by atoms with Gasteiger partial charge in [-0.15, -0.1) is 0 Å². The molecular weight excluding hydrogens is 380 g/mol. The van der Waals surface area contributed by atoms with E-state index in [4.69, 9.17) is 21.7 Å². The second-order valence-electron chi connectivity index (χ2n) is 4.12. The van der Waals surface area contributed by atoms with E-state index in [9.17, 15) is 19.8 Å². The van der Waals surface area contributed by atoms with Crippen molar-refractivity contribution in [2.45, 2.75) is 0 Å². The number of hydrogen-bond donors (Lipinski definition) is 4. The number of benzene rings is 2. The molecule has 2 aromatic rings. The summed E-state index contributed by atoms with van der Waals surface area (Å²) in [6.45, 7) is 0. The number of nitrogen functional groups attached to an aromatic ring is 2. The van der Waals surface area contributed by atoms with Gasteiger partial charge in [-0.1, -0.05) is 11.5 Å². The maximum Gasteiger partial charge on any atom is 2.00 e. The molecule has 12 heteroatoms. The Morgan fingerprint density at radius 3 is 1.19 bits per heavy atom. The van der Waals surface area contributed by atoms with Gasteiger partial charge in [-0.3, -0.25) is 0 Å². The average molecular weight is 398 g/mol. The number of nitrogens with two attached hydrogens (primary N) is 2. The first-order chi connectivity index (χ1) is 10.2. The van der Waals surface area contributed by atoms with Gasteiger partial charge in [0.15, 0.2) is 0 Å². The molecule has 2 aromatic carbocycles. The maximum atomic E-state index is 10.8. The third-order valence-corrected chi connectivity index (χ3v) is 2.47. The normalized spacial score (nSPS) is 8.00. The minimum atomic E-state index is -1.23. The van der Waals surface area contributed by atoms with Crippen LogP contribution in [-0.4, -0.2) is 76.3 Å². The third-order valence-electron chi connectivity index (χ3n) is 2.47. The second kappa shape index (κ2) is 13.9. The van der Waals surface area contributed by atoms with Crippen molar-refractivity contribution in [3.63, 3.8) is 0 Å². The molecule has 0 fully saturated rings. The smallest absolute Gasteiger partial charge is 0.872 e. The summed E-state index contributed by atoms with van der Waals surface area (Å²) in [5.74, 6) is -3.57. The zero-order valence-electron chi connectivity index (χ0n) is 13.4. The van der Waals surface area contributed by atoms with Crippen LogP contribution in [0.15, 0.2) is 36.4 Å². The van der Waals surface area contributed by atoms with E-state index in [1.54, 1.807) is 0 Å². The summed E-state index contributed by atoms with van der Waals surface area (Å²) in [4.78, 5) is 20.6. The first-order valence-electron chi connectivity index (χ1n) is 5.82. The summed E-state index contributed by atoms with van der Waals surface area (Å²) in [6, 6.07) is 7.32. The fourth-order valence-corrected chi connectivity index (χ4v) is 1.43. The van der Waals surface area contributed by atoms with E-state index in [0.717, 1.165) is 12.1 Å². The molecule has 11 nitrogen and oxygen atoms in total. The number of carboxylic acids is 2. The number of carbonyl (C=O) groups is 2. The zero-order chi connectivity index (χ0) is 16.9. The van der Waals surface area contributed by atoms with Crippen molar-refractivity contribution in [3.05, 3.63) is 47.5 Å². The maximum absolute atomic E-state index is 10.8. The van der Waals surface area contributed by atoms with Gasteiger partial charge in [-0.05, 0) is 36.4 Å². The van der Waals surface area contributed by atoms with E-state index in [1.807, 2.05) is 0 Å². The molecule has 0 unspecified atom stereocenters. The standard InChI is InChI=1S/2C7H7NO3.Ca.3H2O/c2*8-4-1-2-5(7(10)11)6(9)3-4;;;;/h2*1-3,9H,8H2,(H,10,11);;3*1H2/q;;+2;;;/p-2. The molecule has 140 valence electrons. The Hall–Kier alpha value is -2.28. The molecule has 2 rings (SSSR count). The quantitative estimate of drug-likeness (QED) is 0.302. The van der Waals surface area contributed by atoms with E-state index in [0.29, 0.717) is 0 Å². The fourth-order valence-electron chi connectivity index (χ4n) is 1.43.